The summed E-state index contributed by atoms with van der Waals surface area (Å²) in [5.41, 5.74) is 0. The molecule has 1 atom stereocenters. The highest BCUT2D eigenvalue weighted by Crippen LogP contribution is 2.13. The van der Waals surface area contributed by atoms with Crippen LogP contribution in [-0.4, -0.2) is 19.0 Å². The second kappa shape index (κ2) is 2.98. The summed E-state index contributed by atoms with van der Waals surface area (Å²) in [4.78, 5) is 10.8. The van der Waals surface area contributed by atoms with Crippen LogP contribution in [0.25, 0.3) is 0 Å². The summed E-state index contributed by atoms with van der Waals surface area (Å²) in [6.45, 7) is 0.970. The van der Waals surface area contributed by atoms with Crippen LogP contribution in [-0.2, 0) is 4.79 Å². The van der Waals surface area contributed by atoms with E-state index in [-0.39, 0.29) is 11.9 Å². The number of furan rings is 1. The molecule has 4 heteroatoms. The maximum Gasteiger partial charge on any atom is 0.234 e. The van der Waals surface area contributed by atoms with Crippen molar-refractivity contribution in [2.24, 2.45) is 0 Å². The Balaban J connectivity index is 2.03. The van der Waals surface area contributed by atoms with Gasteiger partial charge in [0.15, 0.2) is 0 Å². The Labute approximate surface area is 69.9 Å². The van der Waals surface area contributed by atoms with E-state index in [2.05, 4.69) is 10.6 Å². The first-order valence-electron chi connectivity index (χ1n) is 3.90. The van der Waals surface area contributed by atoms with E-state index in [0.29, 0.717) is 13.1 Å². The average molecular weight is 166 g/mol. The van der Waals surface area contributed by atoms with Gasteiger partial charge in [-0.2, -0.15) is 0 Å². The smallest absolute Gasteiger partial charge is 0.234 e. The van der Waals surface area contributed by atoms with Crippen molar-refractivity contribution in [1.82, 2.24) is 10.6 Å². The van der Waals surface area contributed by atoms with Crippen molar-refractivity contribution < 1.29 is 9.21 Å². The molecule has 1 amide bonds. The van der Waals surface area contributed by atoms with E-state index in [4.69, 9.17) is 4.42 Å². The fourth-order valence-corrected chi connectivity index (χ4v) is 1.26. The van der Waals surface area contributed by atoms with Gasteiger partial charge >= 0.3 is 0 Å². The molecule has 1 aliphatic heterocycles. The zero-order valence-corrected chi connectivity index (χ0v) is 6.54. The lowest BCUT2D eigenvalue weighted by Crippen LogP contribution is -2.46. The van der Waals surface area contributed by atoms with Gasteiger partial charge in [-0.15, -0.1) is 0 Å². The van der Waals surface area contributed by atoms with E-state index < -0.39 is 0 Å². The molecule has 1 saturated heterocycles. The van der Waals surface area contributed by atoms with E-state index in [1.807, 2.05) is 12.1 Å². The van der Waals surface area contributed by atoms with Gasteiger partial charge in [0.2, 0.25) is 5.91 Å². The number of nitrogens with one attached hydrogen (secondary N) is 2. The van der Waals surface area contributed by atoms with Crippen LogP contribution in [0.4, 0.5) is 0 Å². The standard InChI is InChI=1S/C8H10N2O2/c11-8-5-9-6(4-10-8)7-2-1-3-12-7/h1-3,6,9H,4-5H2,(H,10,11). The monoisotopic (exact) mass is 166 g/mol. The summed E-state index contributed by atoms with van der Waals surface area (Å²) in [6.07, 6.45) is 1.63. The van der Waals surface area contributed by atoms with Crippen LogP contribution in [0.1, 0.15) is 11.8 Å². The Hall–Kier alpha value is -1.29. The summed E-state index contributed by atoms with van der Waals surface area (Å²) in [5, 5.41) is 5.82. The van der Waals surface area contributed by atoms with Crippen LogP contribution in [0.3, 0.4) is 0 Å². The van der Waals surface area contributed by atoms with Crippen LogP contribution in [0.15, 0.2) is 22.8 Å². The molecular weight excluding hydrogens is 156 g/mol. The second-order valence-electron chi connectivity index (χ2n) is 2.75. The third-order valence-electron chi connectivity index (χ3n) is 1.90. The molecule has 0 bridgehead atoms. The number of amides is 1. The third kappa shape index (κ3) is 1.33. The highest BCUT2D eigenvalue weighted by Gasteiger charge is 2.19. The van der Waals surface area contributed by atoms with Crippen molar-refractivity contribution in [2.75, 3.05) is 13.1 Å². The van der Waals surface area contributed by atoms with Gasteiger partial charge in [-0.05, 0) is 12.1 Å². The third-order valence-corrected chi connectivity index (χ3v) is 1.90. The van der Waals surface area contributed by atoms with Crippen molar-refractivity contribution in [3.8, 4) is 0 Å². The summed E-state index contributed by atoms with van der Waals surface area (Å²) in [7, 11) is 0. The molecule has 1 aromatic rings. The highest BCUT2D eigenvalue weighted by atomic mass is 16.3. The number of hydrogen-bond donors (Lipinski definition) is 2. The lowest BCUT2D eigenvalue weighted by Gasteiger charge is -2.21. The quantitative estimate of drug-likeness (QED) is 0.619. The summed E-state index contributed by atoms with van der Waals surface area (Å²) >= 11 is 0. The topological polar surface area (TPSA) is 54.3 Å². The molecule has 0 aliphatic carbocycles. The molecule has 4 nitrogen and oxygen atoms in total. The largest absolute Gasteiger partial charge is 0.468 e. The highest BCUT2D eigenvalue weighted by molar-refractivity contribution is 5.78. The van der Waals surface area contributed by atoms with Crippen LogP contribution >= 0.6 is 0 Å². The van der Waals surface area contributed by atoms with Crippen LogP contribution in [0.5, 0.6) is 0 Å². The lowest BCUT2D eigenvalue weighted by molar-refractivity contribution is -0.121. The fraction of sp³-hybridized carbons (Fsp3) is 0.375. The molecule has 0 aromatic carbocycles. The molecule has 1 fully saturated rings. The lowest BCUT2D eigenvalue weighted by atomic mass is 10.2. The molecule has 64 valence electrons. The molecule has 0 saturated carbocycles. The summed E-state index contributed by atoms with van der Waals surface area (Å²) < 4.78 is 5.19. The molecular formula is C8H10N2O2. The maximum atomic E-state index is 10.8. The van der Waals surface area contributed by atoms with Gasteiger partial charge in [0.1, 0.15) is 5.76 Å². The molecule has 0 spiro atoms. The van der Waals surface area contributed by atoms with Crippen molar-refractivity contribution in [2.45, 2.75) is 6.04 Å². The van der Waals surface area contributed by atoms with E-state index in [9.17, 15) is 4.79 Å². The predicted molar refractivity (Wildman–Crippen MR) is 42.5 cm³/mol. The minimum Gasteiger partial charge on any atom is -0.468 e. The maximum absolute atomic E-state index is 10.8. The Morgan fingerprint density at radius 2 is 2.50 bits per heavy atom. The summed E-state index contributed by atoms with van der Waals surface area (Å²) in [5.74, 6) is 0.910. The minimum absolute atomic E-state index is 0.0396. The van der Waals surface area contributed by atoms with Gasteiger partial charge in [0, 0.05) is 6.54 Å². The molecule has 2 rings (SSSR count). The molecule has 2 N–H and O–H groups in total. The Kier molecular flexibility index (Phi) is 1.83. The van der Waals surface area contributed by atoms with Crippen LogP contribution in [0, 0.1) is 0 Å². The number of hydrogen-bond acceptors (Lipinski definition) is 3. The first kappa shape index (κ1) is 7.36. The molecule has 2 heterocycles. The SMILES string of the molecule is O=C1CNC(c2ccco2)CN1. The fourth-order valence-electron chi connectivity index (χ4n) is 1.26. The van der Waals surface area contributed by atoms with Gasteiger partial charge < -0.3 is 9.73 Å². The Bertz CT molecular complexity index is 259. The zero-order valence-electron chi connectivity index (χ0n) is 6.54. The molecule has 0 radical (unpaired) electrons. The first-order chi connectivity index (χ1) is 5.86. The van der Waals surface area contributed by atoms with E-state index in [1.54, 1.807) is 6.26 Å². The van der Waals surface area contributed by atoms with E-state index in [1.165, 1.54) is 0 Å². The summed E-state index contributed by atoms with van der Waals surface area (Å²) in [6, 6.07) is 3.86. The Morgan fingerprint density at radius 3 is 3.08 bits per heavy atom. The number of carbonyl (C=O) groups is 1. The average Bonchev–Trinajstić information content (AvgIpc) is 2.58. The van der Waals surface area contributed by atoms with Crippen molar-refractivity contribution in [3.63, 3.8) is 0 Å². The predicted octanol–water partition coefficient (Wildman–Crippen LogP) is 0.0401. The van der Waals surface area contributed by atoms with E-state index >= 15 is 0 Å². The number of rotatable bonds is 1. The molecule has 1 aromatic heterocycles. The number of carbonyl (C=O) groups excluding carboxylic acids is 1. The normalized spacial score (nSPS) is 23.7. The van der Waals surface area contributed by atoms with Gasteiger partial charge in [-0.1, -0.05) is 0 Å². The van der Waals surface area contributed by atoms with Gasteiger partial charge in [0.25, 0.3) is 0 Å². The number of piperazine rings is 1. The van der Waals surface area contributed by atoms with Crippen molar-refractivity contribution >= 4 is 5.91 Å². The molecule has 1 aliphatic rings. The van der Waals surface area contributed by atoms with Crippen molar-refractivity contribution in [1.29, 1.82) is 0 Å². The van der Waals surface area contributed by atoms with Gasteiger partial charge in [-0.25, -0.2) is 0 Å². The second-order valence-corrected chi connectivity index (χ2v) is 2.75. The van der Waals surface area contributed by atoms with Gasteiger partial charge in [0.05, 0.1) is 18.8 Å². The van der Waals surface area contributed by atoms with Crippen LogP contribution < -0.4 is 10.6 Å². The molecule has 12 heavy (non-hydrogen) atoms. The minimum atomic E-state index is 0.0396. The zero-order chi connectivity index (χ0) is 8.39. The Morgan fingerprint density at radius 1 is 1.58 bits per heavy atom. The van der Waals surface area contributed by atoms with E-state index in [0.717, 1.165) is 5.76 Å². The van der Waals surface area contributed by atoms with Gasteiger partial charge in [-0.3, -0.25) is 10.1 Å². The van der Waals surface area contributed by atoms with Crippen LogP contribution in [0.2, 0.25) is 0 Å². The molecule has 1 unspecified atom stereocenters. The first-order valence-corrected chi connectivity index (χ1v) is 3.90. The van der Waals surface area contributed by atoms with Crippen molar-refractivity contribution in [3.05, 3.63) is 24.2 Å².